The number of nitrogens with zero attached hydrogens (tertiary/aromatic N) is 4. The van der Waals surface area contributed by atoms with Gasteiger partial charge in [-0.1, -0.05) is 12.1 Å². The van der Waals surface area contributed by atoms with Gasteiger partial charge < -0.3 is 14.1 Å². The van der Waals surface area contributed by atoms with E-state index in [-0.39, 0.29) is 18.5 Å². The van der Waals surface area contributed by atoms with Gasteiger partial charge in [0.2, 0.25) is 11.8 Å². The van der Waals surface area contributed by atoms with Crippen LogP contribution in [0.3, 0.4) is 0 Å². The standard InChI is InChI=1S/C22H26N4O3/c1-16-12-24-25(14-16)15-21(27)26-9-4-3-8-20(26)22-23-13-19(29-22)11-17-6-5-7-18(10-17)28-2/h5-7,10,12-14,20H,3-4,8-9,11,15H2,1-2H3. The number of hydrogen-bond acceptors (Lipinski definition) is 5. The van der Waals surface area contributed by atoms with Crippen molar-refractivity contribution in [2.75, 3.05) is 13.7 Å². The number of likely N-dealkylation sites (tertiary alicyclic amines) is 1. The van der Waals surface area contributed by atoms with Gasteiger partial charge in [0.15, 0.2) is 0 Å². The summed E-state index contributed by atoms with van der Waals surface area (Å²) in [5.74, 6) is 2.27. The lowest BCUT2D eigenvalue weighted by molar-refractivity contribution is -0.136. The van der Waals surface area contributed by atoms with Gasteiger partial charge in [-0.05, 0) is 49.4 Å². The SMILES string of the molecule is COc1cccc(Cc2cnc(C3CCCCN3C(=O)Cn3cc(C)cn3)o2)c1. The fraction of sp³-hybridized carbons (Fsp3) is 0.409. The quantitative estimate of drug-likeness (QED) is 0.639. The highest BCUT2D eigenvalue weighted by atomic mass is 16.5. The van der Waals surface area contributed by atoms with Crippen LogP contribution in [0.25, 0.3) is 0 Å². The highest BCUT2D eigenvalue weighted by molar-refractivity contribution is 5.76. The molecular weight excluding hydrogens is 368 g/mol. The van der Waals surface area contributed by atoms with Gasteiger partial charge in [0.05, 0.1) is 19.5 Å². The summed E-state index contributed by atoms with van der Waals surface area (Å²) in [5, 5.41) is 4.23. The molecule has 1 saturated heterocycles. The molecule has 1 unspecified atom stereocenters. The topological polar surface area (TPSA) is 73.4 Å². The Morgan fingerprint density at radius 2 is 2.21 bits per heavy atom. The molecule has 0 aliphatic carbocycles. The molecule has 1 aliphatic rings. The second kappa shape index (κ2) is 8.51. The van der Waals surface area contributed by atoms with Crippen molar-refractivity contribution in [1.29, 1.82) is 0 Å². The summed E-state index contributed by atoms with van der Waals surface area (Å²) < 4.78 is 13.0. The molecule has 1 aliphatic heterocycles. The normalized spacial score (nSPS) is 16.8. The first-order valence-corrected chi connectivity index (χ1v) is 9.98. The average molecular weight is 394 g/mol. The molecule has 0 radical (unpaired) electrons. The highest BCUT2D eigenvalue weighted by Crippen LogP contribution is 2.31. The molecule has 2 aromatic heterocycles. The van der Waals surface area contributed by atoms with Crippen LogP contribution in [0.1, 0.15) is 48.1 Å². The van der Waals surface area contributed by atoms with Gasteiger partial charge in [-0.25, -0.2) is 4.98 Å². The van der Waals surface area contributed by atoms with E-state index in [0.717, 1.165) is 48.4 Å². The van der Waals surface area contributed by atoms with Crippen molar-refractivity contribution in [3.63, 3.8) is 0 Å². The first kappa shape index (κ1) is 19.2. The second-order valence-electron chi connectivity index (χ2n) is 7.51. The van der Waals surface area contributed by atoms with Crippen molar-refractivity contribution in [2.45, 2.75) is 45.2 Å². The van der Waals surface area contributed by atoms with Crippen LogP contribution in [-0.2, 0) is 17.8 Å². The molecule has 4 rings (SSSR count). The van der Waals surface area contributed by atoms with E-state index in [1.807, 2.05) is 42.3 Å². The smallest absolute Gasteiger partial charge is 0.244 e. The molecular formula is C22H26N4O3. The van der Waals surface area contributed by atoms with E-state index in [1.165, 1.54) is 0 Å². The zero-order valence-electron chi connectivity index (χ0n) is 16.9. The molecule has 3 heterocycles. The number of methoxy groups -OCH3 is 1. The maximum Gasteiger partial charge on any atom is 0.244 e. The summed E-state index contributed by atoms with van der Waals surface area (Å²) in [4.78, 5) is 19.3. The Balaban J connectivity index is 1.47. The van der Waals surface area contributed by atoms with Gasteiger partial charge in [-0.2, -0.15) is 5.10 Å². The Bertz CT molecular complexity index is 978. The van der Waals surface area contributed by atoms with Crippen LogP contribution >= 0.6 is 0 Å². The van der Waals surface area contributed by atoms with E-state index in [4.69, 9.17) is 9.15 Å². The van der Waals surface area contributed by atoms with Crippen molar-refractivity contribution in [3.05, 3.63) is 65.6 Å². The third-order valence-corrected chi connectivity index (χ3v) is 5.25. The number of amides is 1. The maximum atomic E-state index is 12.9. The largest absolute Gasteiger partial charge is 0.497 e. The number of ether oxygens (including phenoxy) is 1. The third-order valence-electron chi connectivity index (χ3n) is 5.25. The van der Waals surface area contributed by atoms with E-state index < -0.39 is 0 Å². The first-order valence-electron chi connectivity index (χ1n) is 9.98. The average Bonchev–Trinajstić information content (AvgIpc) is 3.37. The summed E-state index contributed by atoms with van der Waals surface area (Å²) in [5.41, 5.74) is 2.14. The van der Waals surface area contributed by atoms with Gasteiger partial charge >= 0.3 is 0 Å². The zero-order chi connectivity index (χ0) is 20.2. The van der Waals surface area contributed by atoms with E-state index in [1.54, 1.807) is 24.2 Å². The lowest BCUT2D eigenvalue weighted by Crippen LogP contribution is -2.40. The Morgan fingerprint density at radius 1 is 1.31 bits per heavy atom. The van der Waals surface area contributed by atoms with Crippen LogP contribution in [0.15, 0.2) is 47.3 Å². The van der Waals surface area contributed by atoms with E-state index in [2.05, 4.69) is 10.1 Å². The van der Waals surface area contributed by atoms with Gasteiger partial charge in [-0.3, -0.25) is 9.48 Å². The molecule has 7 heteroatoms. The Kier molecular flexibility index (Phi) is 5.64. The monoisotopic (exact) mass is 394 g/mol. The van der Waals surface area contributed by atoms with E-state index in [0.29, 0.717) is 12.3 Å². The van der Waals surface area contributed by atoms with Crippen molar-refractivity contribution in [2.24, 2.45) is 0 Å². The summed E-state index contributed by atoms with van der Waals surface area (Å²) in [6.07, 6.45) is 8.97. The van der Waals surface area contributed by atoms with Crippen molar-refractivity contribution in [3.8, 4) is 5.75 Å². The summed E-state index contributed by atoms with van der Waals surface area (Å²) >= 11 is 0. The summed E-state index contributed by atoms with van der Waals surface area (Å²) in [6.45, 7) is 2.92. The number of carbonyl (C=O) groups is 1. The predicted molar refractivity (Wildman–Crippen MR) is 108 cm³/mol. The molecule has 1 aromatic carbocycles. The van der Waals surface area contributed by atoms with Crippen molar-refractivity contribution >= 4 is 5.91 Å². The Labute approximate surface area is 170 Å². The van der Waals surface area contributed by atoms with Crippen molar-refractivity contribution in [1.82, 2.24) is 19.7 Å². The molecule has 7 nitrogen and oxygen atoms in total. The number of oxazole rings is 1. The van der Waals surface area contributed by atoms with E-state index in [9.17, 15) is 4.79 Å². The van der Waals surface area contributed by atoms with Crippen LogP contribution in [0.2, 0.25) is 0 Å². The number of carbonyl (C=O) groups excluding carboxylic acids is 1. The number of aromatic nitrogens is 3. The van der Waals surface area contributed by atoms with Crippen LogP contribution in [0.4, 0.5) is 0 Å². The number of rotatable bonds is 6. The minimum atomic E-state index is -0.119. The molecule has 152 valence electrons. The molecule has 0 N–H and O–H groups in total. The second-order valence-corrected chi connectivity index (χ2v) is 7.51. The third kappa shape index (κ3) is 4.50. The maximum absolute atomic E-state index is 12.9. The van der Waals surface area contributed by atoms with Crippen molar-refractivity contribution < 1.29 is 13.9 Å². The van der Waals surface area contributed by atoms with Gasteiger partial charge in [-0.15, -0.1) is 0 Å². The molecule has 1 fully saturated rings. The molecule has 1 amide bonds. The molecule has 3 aromatic rings. The van der Waals surface area contributed by atoms with Crippen LogP contribution < -0.4 is 4.74 Å². The number of hydrogen-bond donors (Lipinski definition) is 0. The molecule has 0 saturated carbocycles. The fourth-order valence-corrected chi connectivity index (χ4v) is 3.81. The van der Waals surface area contributed by atoms with E-state index >= 15 is 0 Å². The van der Waals surface area contributed by atoms with Gasteiger partial charge in [0.25, 0.3) is 0 Å². The molecule has 0 bridgehead atoms. The summed E-state index contributed by atoms with van der Waals surface area (Å²) in [7, 11) is 1.66. The minimum absolute atomic E-state index is 0.0466. The Hall–Kier alpha value is -3.09. The lowest BCUT2D eigenvalue weighted by Gasteiger charge is -2.33. The first-order chi connectivity index (χ1) is 14.1. The lowest BCUT2D eigenvalue weighted by atomic mass is 10.0. The predicted octanol–water partition coefficient (Wildman–Crippen LogP) is 3.53. The number of benzene rings is 1. The zero-order valence-corrected chi connectivity index (χ0v) is 16.9. The number of aryl methyl sites for hydroxylation is 1. The van der Waals surface area contributed by atoms with Crippen LogP contribution in [-0.4, -0.2) is 39.2 Å². The minimum Gasteiger partial charge on any atom is -0.497 e. The summed E-state index contributed by atoms with van der Waals surface area (Å²) in [6, 6.07) is 7.79. The van der Waals surface area contributed by atoms with Gasteiger partial charge in [0.1, 0.15) is 24.1 Å². The Morgan fingerprint density at radius 3 is 3.00 bits per heavy atom. The molecule has 0 spiro atoms. The van der Waals surface area contributed by atoms with Crippen LogP contribution in [0.5, 0.6) is 5.75 Å². The highest BCUT2D eigenvalue weighted by Gasteiger charge is 2.31. The molecule has 29 heavy (non-hydrogen) atoms. The number of piperidine rings is 1. The van der Waals surface area contributed by atoms with Gasteiger partial charge in [0, 0.05) is 19.2 Å². The fourth-order valence-electron chi connectivity index (χ4n) is 3.81. The molecule has 1 atom stereocenters. The van der Waals surface area contributed by atoms with Crippen LogP contribution in [0, 0.1) is 6.92 Å².